The molecule has 0 aromatic heterocycles. The number of carbonyl (C=O) groups excluding carboxylic acids is 2. The van der Waals surface area contributed by atoms with Crippen LogP contribution in [0.2, 0.25) is 0 Å². The smallest absolute Gasteiger partial charge is 0.265 e. The summed E-state index contributed by atoms with van der Waals surface area (Å²) in [7, 11) is 1.46. The van der Waals surface area contributed by atoms with Crippen LogP contribution < -0.4 is 20.5 Å². The van der Waals surface area contributed by atoms with Crippen molar-refractivity contribution in [3.05, 3.63) is 53.3 Å². The van der Waals surface area contributed by atoms with Gasteiger partial charge in [-0.05, 0) is 43.7 Å². The van der Waals surface area contributed by atoms with Gasteiger partial charge in [0.05, 0.1) is 12.7 Å². The van der Waals surface area contributed by atoms with E-state index in [-0.39, 0.29) is 11.3 Å². The molecule has 0 aliphatic carbocycles. The summed E-state index contributed by atoms with van der Waals surface area (Å²) in [5.41, 5.74) is 6.22. The Labute approximate surface area is 144 Å². The van der Waals surface area contributed by atoms with E-state index in [0.29, 0.717) is 17.0 Å². The van der Waals surface area contributed by atoms with Crippen LogP contribution in [0.4, 0.5) is 10.1 Å². The maximum Gasteiger partial charge on any atom is 0.265 e. The molecule has 0 heterocycles. The minimum atomic E-state index is -0.949. The van der Waals surface area contributed by atoms with E-state index in [1.54, 1.807) is 25.1 Å². The van der Waals surface area contributed by atoms with E-state index in [1.807, 2.05) is 0 Å². The third-order valence-corrected chi connectivity index (χ3v) is 3.57. The second-order valence-electron chi connectivity index (χ2n) is 5.44. The number of ether oxygens (including phenoxy) is 2. The first-order valence-electron chi connectivity index (χ1n) is 7.53. The molecule has 1 atom stereocenters. The fraction of sp³-hybridized carbons (Fsp3) is 0.222. The fourth-order valence-electron chi connectivity index (χ4n) is 2.09. The van der Waals surface area contributed by atoms with Gasteiger partial charge in [-0.3, -0.25) is 9.59 Å². The van der Waals surface area contributed by atoms with Crippen LogP contribution in [0, 0.1) is 12.7 Å². The summed E-state index contributed by atoms with van der Waals surface area (Å²) in [6, 6.07) is 8.85. The quantitative estimate of drug-likeness (QED) is 0.841. The molecule has 2 aromatic rings. The molecule has 2 aromatic carbocycles. The SMILES string of the molecule is COc1ccc(C(N)=O)c(OC(C)C(=O)Nc2ccc(C)c(F)c2)c1. The van der Waals surface area contributed by atoms with Crippen molar-refractivity contribution in [1.29, 1.82) is 0 Å². The summed E-state index contributed by atoms with van der Waals surface area (Å²) in [6.45, 7) is 3.13. The number of primary amides is 1. The highest BCUT2D eigenvalue weighted by molar-refractivity contribution is 5.97. The van der Waals surface area contributed by atoms with Crippen molar-refractivity contribution >= 4 is 17.5 Å². The standard InChI is InChI=1S/C18H19FN2O4/c1-10-4-5-12(8-15(10)19)21-18(23)11(2)25-16-9-13(24-3)6-7-14(16)17(20)22/h4-9,11H,1-3H3,(H2,20,22)(H,21,23). The zero-order valence-electron chi connectivity index (χ0n) is 14.1. The summed E-state index contributed by atoms with van der Waals surface area (Å²) in [6.07, 6.45) is -0.949. The minimum absolute atomic E-state index is 0.127. The molecule has 0 radical (unpaired) electrons. The number of rotatable bonds is 6. The number of nitrogens with two attached hydrogens (primary N) is 1. The lowest BCUT2D eigenvalue weighted by Crippen LogP contribution is -2.31. The third kappa shape index (κ3) is 4.47. The van der Waals surface area contributed by atoms with E-state index in [4.69, 9.17) is 15.2 Å². The molecule has 25 heavy (non-hydrogen) atoms. The lowest BCUT2D eigenvalue weighted by atomic mass is 10.1. The second kappa shape index (κ2) is 7.65. The van der Waals surface area contributed by atoms with Crippen molar-refractivity contribution in [2.24, 2.45) is 5.73 Å². The summed E-state index contributed by atoms with van der Waals surface area (Å²) in [5.74, 6) is -1.03. The minimum Gasteiger partial charge on any atom is -0.497 e. The van der Waals surface area contributed by atoms with E-state index in [2.05, 4.69) is 5.32 Å². The van der Waals surface area contributed by atoms with E-state index >= 15 is 0 Å². The van der Waals surface area contributed by atoms with Crippen molar-refractivity contribution < 1.29 is 23.5 Å². The average Bonchev–Trinajstić information content (AvgIpc) is 2.57. The molecule has 0 aliphatic rings. The van der Waals surface area contributed by atoms with Crippen molar-refractivity contribution in [1.82, 2.24) is 0 Å². The van der Waals surface area contributed by atoms with Gasteiger partial charge in [-0.25, -0.2) is 4.39 Å². The van der Waals surface area contributed by atoms with Gasteiger partial charge in [0.2, 0.25) is 0 Å². The molecule has 0 aliphatic heterocycles. The van der Waals surface area contributed by atoms with Crippen LogP contribution in [-0.2, 0) is 4.79 Å². The Morgan fingerprint density at radius 2 is 1.92 bits per heavy atom. The van der Waals surface area contributed by atoms with Crippen molar-refractivity contribution in [2.75, 3.05) is 12.4 Å². The predicted octanol–water partition coefficient (Wildman–Crippen LogP) is 2.65. The Morgan fingerprint density at radius 3 is 2.52 bits per heavy atom. The van der Waals surface area contributed by atoms with Gasteiger partial charge in [-0.2, -0.15) is 0 Å². The van der Waals surface area contributed by atoms with Gasteiger partial charge >= 0.3 is 0 Å². The zero-order valence-corrected chi connectivity index (χ0v) is 14.1. The molecule has 6 nitrogen and oxygen atoms in total. The number of benzene rings is 2. The molecule has 0 saturated heterocycles. The molecule has 1 unspecified atom stereocenters. The van der Waals surface area contributed by atoms with Crippen LogP contribution in [0.1, 0.15) is 22.8 Å². The summed E-state index contributed by atoms with van der Waals surface area (Å²) in [5, 5.41) is 2.56. The predicted molar refractivity (Wildman–Crippen MR) is 91.4 cm³/mol. The molecule has 7 heteroatoms. The Bertz CT molecular complexity index is 808. The highest BCUT2D eigenvalue weighted by atomic mass is 19.1. The number of amides is 2. The summed E-state index contributed by atoms with van der Waals surface area (Å²) in [4.78, 5) is 23.7. The van der Waals surface area contributed by atoms with Crippen LogP contribution in [-0.4, -0.2) is 25.0 Å². The zero-order chi connectivity index (χ0) is 18.6. The second-order valence-corrected chi connectivity index (χ2v) is 5.44. The number of hydrogen-bond donors (Lipinski definition) is 2. The number of hydrogen-bond acceptors (Lipinski definition) is 4. The van der Waals surface area contributed by atoms with Crippen LogP contribution >= 0.6 is 0 Å². The first-order valence-corrected chi connectivity index (χ1v) is 7.53. The van der Waals surface area contributed by atoms with E-state index in [9.17, 15) is 14.0 Å². The van der Waals surface area contributed by atoms with Gasteiger partial charge in [0.1, 0.15) is 17.3 Å². The molecule has 0 spiro atoms. The van der Waals surface area contributed by atoms with E-state index in [0.717, 1.165) is 0 Å². The summed E-state index contributed by atoms with van der Waals surface area (Å²) >= 11 is 0. The first-order chi connectivity index (χ1) is 11.8. The number of methoxy groups -OCH3 is 1. The Hall–Kier alpha value is -3.09. The van der Waals surface area contributed by atoms with Crippen LogP contribution in [0.25, 0.3) is 0 Å². The molecule has 2 amide bonds. The monoisotopic (exact) mass is 346 g/mol. The van der Waals surface area contributed by atoms with Gasteiger partial charge in [-0.15, -0.1) is 0 Å². The van der Waals surface area contributed by atoms with Crippen LogP contribution in [0.5, 0.6) is 11.5 Å². The third-order valence-electron chi connectivity index (χ3n) is 3.57. The number of anilines is 1. The molecule has 0 fully saturated rings. The van der Waals surface area contributed by atoms with Gasteiger partial charge in [0, 0.05) is 11.8 Å². The number of halogens is 1. The van der Waals surface area contributed by atoms with Crippen LogP contribution in [0.3, 0.4) is 0 Å². The van der Waals surface area contributed by atoms with Gasteiger partial charge < -0.3 is 20.5 Å². The molecule has 132 valence electrons. The first kappa shape index (κ1) is 18.3. The van der Waals surface area contributed by atoms with Gasteiger partial charge in [0.15, 0.2) is 6.10 Å². The van der Waals surface area contributed by atoms with Gasteiger partial charge in [0.25, 0.3) is 11.8 Å². The number of aryl methyl sites for hydroxylation is 1. The van der Waals surface area contributed by atoms with Crippen molar-refractivity contribution in [2.45, 2.75) is 20.0 Å². The molecular formula is C18H19FN2O4. The van der Waals surface area contributed by atoms with Crippen LogP contribution in [0.15, 0.2) is 36.4 Å². The molecule has 2 rings (SSSR count). The average molecular weight is 346 g/mol. The van der Waals surface area contributed by atoms with E-state index < -0.39 is 23.7 Å². The van der Waals surface area contributed by atoms with Crippen molar-refractivity contribution in [3.8, 4) is 11.5 Å². The number of nitrogens with one attached hydrogen (secondary N) is 1. The topological polar surface area (TPSA) is 90.7 Å². The fourth-order valence-corrected chi connectivity index (χ4v) is 2.09. The molecule has 0 bridgehead atoms. The Kier molecular flexibility index (Phi) is 5.59. The maximum absolute atomic E-state index is 13.6. The Balaban J connectivity index is 2.15. The summed E-state index contributed by atoms with van der Waals surface area (Å²) < 4.78 is 24.2. The molecular weight excluding hydrogens is 327 g/mol. The number of carbonyl (C=O) groups is 2. The lowest BCUT2D eigenvalue weighted by Gasteiger charge is -2.17. The molecule has 3 N–H and O–H groups in total. The highest BCUT2D eigenvalue weighted by Gasteiger charge is 2.19. The highest BCUT2D eigenvalue weighted by Crippen LogP contribution is 2.26. The normalized spacial score (nSPS) is 11.5. The largest absolute Gasteiger partial charge is 0.497 e. The Morgan fingerprint density at radius 1 is 1.20 bits per heavy atom. The van der Waals surface area contributed by atoms with Gasteiger partial charge in [-0.1, -0.05) is 6.07 Å². The lowest BCUT2D eigenvalue weighted by molar-refractivity contribution is -0.122. The van der Waals surface area contributed by atoms with E-state index in [1.165, 1.54) is 32.2 Å². The maximum atomic E-state index is 13.6. The van der Waals surface area contributed by atoms with Crippen molar-refractivity contribution in [3.63, 3.8) is 0 Å². The molecule has 0 saturated carbocycles.